The summed E-state index contributed by atoms with van der Waals surface area (Å²) >= 11 is 3.43. The first kappa shape index (κ1) is 18.0. The summed E-state index contributed by atoms with van der Waals surface area (Å²) in [5, 5.41) is 0. The van der Waals surface area contributed by atoms with Gasteiger partial charge >= 0.3 is 0 Å². The molecule has 27 heavy (non-hydrogen) atoms. The van der Waals surface area contributed by atoms with E-state index in [-0.39, 0.29) is 11.8 Å². The zero-order valence-corrected chi connectivity index (χ0v) is 16.8. The van der Waals surface area contributed by atoms with Gasteiger partial charge in [-0.15, -0.1) is 0 Å². The van der Waals surface area contributed by atoms with Crippen LogP contribution in [-0.2, 0) is 9.59 Å². The molecule has 138 valence electrons. The summed E-state index contributed by atoms with van der Waals surface area (Å²) in [5.41, 5.74) is 2.43. The van der Waals surface area contributed by atoms with E-state index in [1.165, 1.54) is 4.90 Å². The number of rotatable bonds is 3. The van der Waals surface area contributed by atoms with Crippen LogP contribution in [0.25, 0.3) is 5.57 Å². The fourth-order valence-corrected chi connectivity index (χ4v) is 4.15. The van der Waals surface area contributed by atoms with Crippen molar-refractivity contribution in [2.45, 2.75) is 19.8 Å². The smallest absolute Gasteiger partial charge is 0.282 e. The quantitative estimate of drug-likeness (QED) is 0.682. The minimum atomic E-state index is -0.252. The van der Waals surface area contributed by atoms with E-state index >= 15 is 0 Å². The van der Waals surface area contributed by atoms with Gasteiger partial charge in [-0.25, -0.2) is 4.90 Å². The van der Waals surface area contributed by atoms with E-state index < -0.39 is 0 Å². The molecule has 0 saturated carbocycles. The molecule has 2 aliphatic heterocycles. The molecule has 0 spiro atoms. The Morgan fingerprint density at radius 2 is 1.63 bits per heavy atom. The summed E-state index contributed by atoms with van der Waals surface area (Å²) in [4.78, 5) is 30.1. The summed E-state index contributed by atoms with van der Waals surface area (Å²) in [6.45, 7) is 3.84. The monoisotopic (exact) mass is 424 g/mol. The van der Waals surface area contributed by atoms with E-state index in [9.17, 15) is 9.59 Å². The van der Waals surface area contributed by atoms with Crippen LogP contribution in [0.1, 0.15) is 25.3 Å². The molecule has 0 atom stereocenters. The first-order valence-corrected chi connectivity index (χ1v) is 10.0. The average molecular weight is 425 g/mol. The van der Waals surface area contributed by atoms with Gasteiger partial charge in [-0.3, -0.25) is 9.59 Å². The molecule has 0 unspecified atom stereocenters. The number of likely N-dealkylation sites (tertiary alicyclic amines) is 1. The third-order valence-electron chi connectivity index (χ3n) is 5.29. The lowest BCUT2D eigenvalue weighted by Gasteiger charge is -2.32. The highest BCUT2D eigenvalue weighted by Crippen LogP contribution is 2.36. The maximum atomic E-state index is 13.4. The van der Waals surface area contributed by atoms with Gasteiger partial charge in [-0.05, 0) is 42.5 Å². The Balaban J connectivity index is 1.80. The predicted molar refractivity (Wildman–Crippen MR) is 110 cm³/mol. The summed E-state index contributed by atoms with van der Waals surface area (Å²) < 4.78 is 0.835. The molecule has 0 aliphatic carbocycles. The second-order valence-corrected chi connectivity index (χ2v) is 8.10. The maximum Gasteiger partial charge on any atom is 0.282 e. The molecule has 2 aromatic carbocycles. The van der Waals surface area contributed by atoms with Gasteiger partial charge in [0.15, 0.2) is 0 Å². The van der Waals surface area contributed by atoms with Crippen LogP contribution in [0.2, 0.25) is 0 Å². The molecule has 4 nitrogen and oxygen atoms in total. The Bertz CT molecular complexity index is 915. The maximum absolute atomic E-state index is 13.4. The van der Waals surface area contributed by atoms with Crippen molar-refractivity contribution in [3.05, 3.63) is 70.3 Å². The van der Waals surface area contributed by atoms with Crippen molar-refractivity contribution >= 4 is 39.0 Å². The number of hydrogen-bond acceptors (Lipinski definition) is 3. The number of piperidine rings is 1. The van der Waals surface area contributed by atoms with Gasteiger partial charge in [0, 0.05) is 17.6 Å². The Morgan fingerprint density at radius 1 is 0.926 bits per heavy atom. The number of hydrogen-bond donors (Lipinski definition) is 0. The standard InChI is InChI=1S/C22H21BrN2O2/c1-15-10-12-24(13-11-15)20-19(16-6-3-2-4-7-16)21(26)25(22(20)27)18-9-5-8-17(23)14-18/h2-9,14-15H,10-13H2,1H3. The normalized spacial score (nSPS) is 18.6. The van der Waals surface area contributed by atoms with Gasteiger partial charge in [0.2, 0.25) is 0 Å². The molecule has 2 aromatic rings. The van der Waals surface area contributed by atoms with E-state index in [1.807, 2.05) is 42.5 Å². The molecule has 2 aliphatic rings. The largest absolute Gasteiger partial charge is 0.366 e. The van der Waals surface area contributed by atoms with Gasteiger partial charge < -0.3 is 4.90 Å². The van der Waals surface area contributed by atoms with Crippen LogP contribution < -0.4 is 4.90 Å². The summed E-state index contributed by atoms with van der Waals surface area (Å²) in [6.07, 6.45) is 2.06. The SMILES string of the molecule is CC1CCN(C2=C(c3ccccc3)C(=O)N(c3cccc(Br)c3)C2=O)CC1. The molecule has 0 N–H and O–H groups in total. The minimum Gasteiger partial charge on any atom is -0.366 e. The molecule has 1 saturated heterocycles. The molecule has 2 heterocycles. The van der Waals surface area contributed by atoms with Crippen molar-refractivity contribution in [1.82, 2.24) is 4.90 Å². The molecular weight excluding hydrogens is 404 g/mol. The Hall–Kier alpha value is -2.40. The molecule has 0 radical (unpaired) electrons. The number of carbonyl (C=O) groups excluding carboxylic acids is 2. The molecule has 5 heteroatoms. The lowest BCUT2D eigenvalue weighted by Crippen LogP contribution is -2.38. The van der Waals surface area contributed by atoms with Gasteiger partial charge in [0.05, 0.1) is 11.3 Å². The number of imide groups is 1. The van der Waals surface area contributed by atoms with Crippen molar-refractivity contribution < 1.29 is 9.59 Å². The van der Waals surface area contributed by atoms with E-state index in [0.717, 1.165) is 36.0 Å². The lowest BCUT2D eigenvalue weighted by atomic mass is 9.97. The van der Waals surface area contributed by atoms with Crippen LogP contribution in [0.5, 0.6) is 0 Å². The van der Waals surface area contributed by atoms with Gasteiger partial charge in [-0.2, -0.15) is 0 Å². The number of carbonyl (C=O) groups is 2. The number of halogens is 1. The number of benzene rings is 2. The number of nitrogens with zero attached hydrogens (tertiary/aromatic N) is 2. The molecular formula is C22H21BrN2O2. The van der Waals surface area contributed by atoms with Crippen LogP contribution in [0.15, 0.2) is 64.8 Å². The fourth-order valence-electron chi connectivity index (χ4n) is 3.76. The Kier molecular flexibility index (Phi) is 4.87. The Labute approximate surface area is 167 Å². The molecule has 4 rings (SSSR count). The molecule has 1 fully saturated rings. The van der Waals surface area contributed by atoms with Gasteiger partial charge in [0.1, 0.15) is 5.70 Å². The summed E-state index contributed by atoms with van der Waals surface area (Å²) in [6, 6.07) is 16.8. The summed E-state index contributed by atoms with van der Waals surface area (Å²) in [5.74, 6) is 0.167. The van der Waals surface area contributed by atoms with Crippen LogP contribution in [0, 0.1) is 5.92 Å². The number of anilines is 1. The first-order chi connectivity index (χ1) is 13.1. The second kappa shape index (κ2) is 7.31. The highest BCUT2D eigenvalue weighted by molar-refractivity contribution is 9.10. The number of amides is 2. The highest BCUT2D eigenvalue weighted by atomic mass is 79.9. The van der Waals surface area contributed by atoms with Crippen molar-refractivity contribution in [3.63, 3.8) is 0 Å². The van der Waals surface area contributed by atoms with Crippen LogP contribution >= 0.6 is 15.9 Å². The Morgan fingerprint density at radius 3 is 2.30 bits per heavy atom. The van der Waals surface area contributed by atoms with Crippen molar-refractivity contribution in [1.29, 1.82) is 0 Å². The van der Waals surface area contributed by atoms with E-state index in [1.54, 1.807) is 12.1 Å². The van der Waals surface area contributed by atoms with Gasteiger partial charge in [-0.1, -0.05) is 59.3 Å². The predicted octanol–water partition coefficient (Wildman–Crippen LogP) is 4.47. The fraction of sp³-hybridized carbons (Fsp3) is 0.273. The highest BCUT2D eigenvalue weighted by Gasteiger charge is 2.42. The first-order valence-electron chi connectivity index (χ1n) is 9.25. The zero-order valence-electron chi connectivity index (χ0n) is 15.2. The van der Waals surface area contributed by atoms with E-state index in [2.05, 4.69) is 27.8 Å². The third-order valence-corrected chi connectivity index (χ3v) is 5.78. The lowest BCUT2D eigenvalue weighted by molar-refractivity contribution is -0.120. The zero-order chi connectivity index (χ0) is 19.0. The summed E-state index contributed by atoms with van der Waals surface area (Å²) in [7, 11) is 0. The van der Waals surface area contributed by atoms with Crippen LogP contribution in [-0.4, -0.2) is 29.8 Å². The van der Waals surface area contributed by atoms with E-state index in [4.69, 9.17) is 0 Å². The molecule has 0 aromatic heterocycles. The van der Waals surface area contributed by atoms with Crippen molar-refractivity contribution in [2.24, 2.45) is 5.92 Å². The second-order valence-electron chi connectivity index (χ2n) is 7.18. The van der Waals surface area contributed by atoms with E-state index in [0.29, 0.717) is 22.9 Å². The average Bonchev–Trinajstić information content (AvgIpc) is 2.93. The van der Waals surface area contributed by atoms with Gasteiger partial charge in [0.25, 0.3) is 11.8 Å². The minimum absolute atomic E-state index is 0.230. The van der Waals surface area contributed by atoms with Crippen LogP contribution in [0.4, 0.5) is 5.69 Å². The molecule has 2 amide bonds. The van der Waals surface area contributed by atoms with Crippen molar-refractivity contribution in [3.8, 4) is 0 Å². The van der Waals surface area contributed by atoms with Crippen LogP contribution in [0.3, 0.4) is 0 Å². The van der Waals surface area contributed by atoms with Crippen molar-refractivity contribution in [2.75, 3.05) is 18.0 Å². The topological polar surface area (TPSA) is 40.6 Å². The molecule has 0 bridgehead atoms. The third kappa shape index (κ3) is 3.32.